The Hall–Kier alpha value is -3.08. The van der Waals surface area contributed by atoms with Gasteiger partial charge in [0.2, 0.25) is 0 Å². The molecule has 0 spiro atoms. The first-order valence-electron chi connectivity index (χ1n) is 7.87. The Labute approximate surface area is 145 Å². The summed E-state index contributed by atoms with van der Waals surface area (Å²) in [5, 5.41) is 0. The van der Waals surface area contributed by atoms with Gasteiger partial charge in [-0.15, -0.1) is 0 Å². The van der Waals surface area contributed by atoms with E-state index in [9.17, 15) is 9.59 Å². The molecule has 0 aliphatic carbocycles. The summed E-state index contributed by atoms with van der Waals surface area (Å²) in [6, 6.07) is 14.3. The molecule has 0 bridgehead atoms. The quantitative estimate of drug-likeness (QED) is 0.616. The van der Waals surface area contributed by atoms with E-state index in [1.807, 2.05) is 18.2 Å². The zero-order chi connectivity index (χ0) is 18.0. The number of rotatable bonds is 3. The van der Waals surface area contributed by atoms with Crippen LogP contribution in [0.3, 0.4) is 0 Å². The summed E-state index contributed by atoms with van der Waals surface area (Å²) in [5.74, 6) is 0.0104. The number of fused-ring (bicyclic) bond motifs is 1. The van der Waals surface area contributed by atoms with Crippen molar-refractivity contribution < 1.29 is 23.8 Å². The molecule has 0 N–H and O–H groups in total. The molecule has 0 fully saturated rings. The van der Waals surface area contributed by atoms with Gasteiger partial charge in [-0.05, 0) is 39.0 Å². The van der Waals surface area contributed by atoms with Crippen molar-refractivity contribution in [1.82, 2.24) is 0 Å². The maximum Gasteiger partial charge on any atom is 0.348 e. The minimum atomic E-state index is -0.627. The average molecular weight is 338 g/mol. The average Bonchev–Trinajstić information content (AvgIpc) is 2.83. The van der Waals surface area contributed by atoms with Gasteiger partial charge in [0.05, 0.1) is 6.08 Å². The highest BCUT2D eigenvalue weighted by molar-refractivity contribution is 6.07. The van der Waals surface area contributed by atoms with Crippen LogP contribution in [-0.4, -0.2) is 17.5 Å². The van der Waals surface area contributed by atoms with Crippen molar-refractivity contribution in [3.8, 4) is 11.5 Å². The number of carbonyl (C=O) groups is 2. The molecule has 0 saturated heterocycles. The van der Waals surface area contributed by atoms with E-state index in [-0.39, 0.29) is 5.76 Å². The van der Waals surface area contributed by atoms with Crippen LogP contribution in [0.4, 0.5) is 0 Å². The summed E-state index contributed by atoms with van der Waals surface area (Å²) < 4.78 is 16.3. The molecule has 0 amide bonds. The summed E-state index contributed by atoms with van der Waals surface area (Å²) >= 11 is 0. The minimum Gasteiger partial charge on any atom is -0.457 e. The molecule has 2 aromatic carbocycles. The lowest BCUT2D eigenvalue weighted by Crippen LogP contribution is -2.22. The Morgan fingerprint density at radius 3 is 2.44 bits per heavy atom. The predicted molar refractivity (Wildman–Crippen MR) is 92.2 cm³/mol. The molecule has 1 heterocycles. The number of hydrogen-bond donors (Lipinski definition) is 0. The van der Waals surface area contributed by atoms with Gasteiger partial charge in [0.25, 0.3) is 0 Å². The third kappa shape index (κ3) is 3.88. The standard InChI is InChI=1S/C20H18O5/c1-20(2,3)25-17(21)12-16-14-10-7-11-15(18(14)19(22)24-16)23-13-8-5-4-6-9-13/h4-12H,1-3H3/b16-12+. The van der Waals surface area contributed by atoms with Crippen molar-refractivity contribution in [3.63, 3.8) is 0 Å². The van der Waals surface area contributed by atoms with Gasteiger partial charge in [-0.2, -0.15) is 0 Å². The largest absolute Gasteiger partial charge is 0.457 e. The Kier molecular flexibility index (Phi) is 4.31. The maximum atomic E-state index is 12.3. The zero-order valence-corrected chi connectivity index (χ0v) is 14.2. The van der Waals surface area contributed by atoms with Crippen molar-refractivity contribution in [3.05, 3.63) is 65.7 Å². The van der Waals surface area contributed by atoms with Crippen LogP contribution in [0.15, 0.2) is 54.6 Å². The van der Waals surface area contributed by atoms with Crippen LogP contribution in [-0.2, 0) is 14.3 Å². The Balaban J connectivity index is 1.92. The van der Waals surface area contributed by atoms with Crippen molar-refractivity contribution >= 4 is 17.7 Å². The molecule has 5 heteroatoms. The summed E-state index contributed by atoms with van der Waals surface area (Å²) in [5.41, 5.74) is 0.170. The fraction of sp³-hybridized carbons (Fsp3) is 0.200. The van der Waals surface area contributed by atoms with Gasteiger partial charge in [-0.1, -0.05) is 30.3 Å². The lowest BCUT2D eigenvalue weighted by atomic mass is 10.1. The minimum absolute atomic E-state index is 0.160. The van der Waals surface area contributed by atoms with Crippen LogP contribution < -0.4 is 4.74 Å². The second-order valence-corrected chi connectivity index (χ2v) is 6.53. The van der Waals surface area contributed by atoms with Crippen molar-refractivity contribution in [2.75, 3.05) is 0 Å². The SMILES string of the molecule is CC(C)(C)OC(=O)/C=C1/OC(=O)c2c(Oc3ccccc3)cccc21. The Morgan fingerprint density at radius 1 is 1.04 bits per heavy atom. The third-order valence-electron chi connectivity index (χ3n) is 3.33. The molecule has 5 nitrogen and oxygen atoms in total. The smallest absolute Gasteiger partial charge is 0.348 e. The molecule has 0 radical (unpaired) electrons. The number of cyclic esters (lactones) is 1. The van der Waals surface area contributed by atoms with E-state index in [4.69, 9.17) is 14.2 Å². The van der Waals surface area contributed by atoms with E-state index in [1.165, 1.54) is 6.08 Å². The fourth-order valence-corrected chi connectivity index (χ4v) is 2.40. The van der Waals surface area contributed by atoms with Gasteiger partial charge in [-0.3, -0.25) is 0 Å². The highest BCUT2D eigenvalue weighted by Crippen LogP contribution is 2.37. The highest BCUT2D eigenvalue weighted by atomic mass is 16.6. The Bertz CT molecular complexity index is 844. The molecule has 1 aliphatic heterocycles. The molecule has 0 atom stereocenters. The van der Waals surface area contributed by atoms with E-state index in [1.54, 1.807) is 51.1 Å². The molecule has 128 valence electrons. The van der Waals surface area contributed by atoms with E-state index in [2.05, 4.69) is 0 Å². The molecule has 0 aromatic heterocycles. The number of hydrogen-bond acceptors (Lipinski definition) is 5. The van der Waals surface area contributed by atoms with Crippen LogP contribution in [0.5, 0.6) is 11.5 Å². The number of para-hydroxylation sites is 1. The molecule has 25 heavy (non-hydrogen) atoms. The second kappa shape index (κ2) is 6.43. The second-order valence-electron chi connectivity index (χ2n) is 6.53. The Morgan fingerprint density at radius 2 is 1.76 bits per heavy atom. The number of benzene rings is 2. The predicted octanol–water partition coefficient (Wildman–Crippen LogP) is 4.33. The maximum absolute atomic E-state index is 12.3. The topological polar surface area (TPSA) is 61.8 Å². The molecule has 1 aliphatic rings. The summed E-state index contributed by atoms with van der Waals surface area (Å²) in [7, 11) is 0. The highest BCUT2D eigenvalue weighted by Gasteiger charge is 2.31. The van der Waals surface area contributed by atoms with Gasteiger partial charge in [-0.25, -0.2) is 9.59 Å². The first kappa shape index (κ1) is 16.8. The third-order valence-corrected chi connectivity index (χ3v) is 3.33. The lowest BCUT2D eigenvalue weighted by molar-refractivity contribution is -0.148. The van der Waals surface area contributed by atoms with Crippen molar-refractivity contribution in [2.24, 2.45) is 0 Å². The lowest BCUT2D eigenvalue weighted by Gasteiger charge is -2.18. The van der Waals surface area contributed by atoms with Gasteiger partial charge in [0, 0.05) is 5.56 Å². The molecule has 0 saturated carbocycles. The number of ether oxygens (including phenoxy) is 3. The van der Waals surface area contributed by atoms with Crippen LogP contribution in [0.1, 0.15) is 36.7 Å². The van der Waals surface area contributed by atoms with E-state index < -0.39 is 17.5 Å². The number of esters is 2. The van der Waals surface area contributed by atoms with Crippen molar-refractivity contribution in [1.29, 1.82) is 0 Å². The zero-order valence-electron chi connectivity index (χ0n) is 14.2. The van der Waals surface area contributed by atoms with Crippen LogP contribution >= 0.6 is 0 Å². The van der Waals surface area contributed by atoms with Gasteiger partial charge >= 0.3 is 11.9 Å². The van der Waals surface area contributed by atoms with Crippen LogP contribution in [0.25, 0.3) is 5.76 Å². The normalized spacial score (nSPS) is 14.8. The van der Waals surface area contributed by atoms with E-state index in [0.717, 1.165) is 0 Å². The summed E-state index contributed by atoms with van der Waals surface area (Å²) in [6.45, 7) is 5.30. The van der Waals surface area contributed by atoms with Crippen LogP contribution in [0, 0.1) is 0 Å². The molecule has 3 rings (SSSR count). The van der Waals surface area contributed by atoms with Gasteiger partial charge in [0.15, 0.2) is 0 Å². The van der Waals surface area contributed by atoms with E-state index >= 15 is 0 Å². The summed E-state index contributed by atoms with van der Waals surface area (Å²) in [6.07, 6.45) is 1.18. The van der Waals surface area contributed by atoms with Crippen LogP contribution in [0.2, 0.25) is 0 Å². The number of carbonyl (C=O) groups excluding carboxylic acids is 2. The van der Waals surface area contributed by atoms with Gasteiger partial charge < -0.3 is 14.2 Å². The molecule has 0 unspecified atom stereocenters. The summed E-state index contributed by atoms with van der Waals surface area (Å²) in [4.78, 5) is 24.2. The molecular weight excluding hydrogens is 320 g/mol. The monoisotopic (exact) mass is 338 g/mol. The molecule has 2 aromatic rings. The first-order chi connectivity index (χ1) is 11.8. The van der Waals surface area contributed by atoms with Crippen molar-refractivity contribution in [2.45, 2.75) is 26.4 Å². The fourth-order valence-electron chi connectivity index (χ4n) is 2.40. The van der Waals surface area contributed by atoms with Gasteiger partial charge in [0.1, 0.15) is 28.4 Å². The first-order valence-corrected chi connectivity index (χ1v) is 7.87. The molecular formula is C20H18O5. The van der Waals surface area contributed by atoms with E-state index in [0.29, 0.717) is 22.6 Å².